The molecule has 1 aromatic carbocycles. The Hall–Kier alpha value is -2.48. The first-order chi connectivity index (χ1) is 12.5. The lowest BCUT2D eigenvalue weighted by atomic mass is 10.1. The van der Waals surface area contributed by atoms with Crippen LogP contribution in [0.3, 0.4) is 0 Å². The number of hydrogen-bond donors (Lipinski definition) is 1. The first-order valence-electron chi connectivity index (χ1n) is 8.96. The summed E-state index contributed by atoms with van der Waals surface area (Å²) in [5.41, 5.74) is 0.831. The predicted octanol–water partition coefficient (Wildman–Crippen LogP) is 1.99. The van der Waals surface area contributed by atoms with Crippen molar-refractivity contribution in [2.75, 3.05) is 31.6 Å². The fourth-order valence-electron chi connectivity index (χ4n) is 3.01. The van der Waals surface area contributed by atoms with Gasteiger partial charge in [0.2, 0.25) is 5.91 Å². The number of ether oxygens (including phenoxy) is 1. The van der Waals surface area contributed by atoms with E-state index in [1.165, 1.54) is 12.1 Å². The molecule has 0 radical (unpaired) electrons. The maximum atomic E-state index is 12.3. The second kappa shape index (κ2) is 8.27. The predicted molar refractivity (Wildman–Crippen MR) is 94.9 cm³/mol. The van der Waals surface area contributed by atoms with Gasteiger partial charge in [0.25, 0.3) is 5.69 Å². The average molecular weight is 361 g/mol. The van der Waals surface area contributed by atoms with Crippen LogP contribution in [0.1, 0.15) is 25.7 Å². The van der Waals surface area contributed by atoms with Gasteiger partial charge in [0, 0.05) is 43.2 Å². The number of benzene rings is 1. The number of non-ortho nitro benzene ring substituents is 1. The zero-order valence-electron chi connectivity index (χ0n) is 14.6. The number of anilines is 1. The van der Waals surface area contributed by atoms with Gasteiger partial charge in [0.1, 0.15) is 6.10 Å². The van der Waals surface area contributed by atoms with Crippen molar-refractivity contribution in [2.45, 2.75) is 31.8 Å². The Balaban J connectivity index is 1.38. The molecule has 0 aromatic heterocycles. The first-order valence-corrected chi connectivity index (χ1v) is 8.96. The minimum absolute atomic E-state index is 0.0346. The molecule has 1 aliphatic heterocycles. The standard InChI is InChI=1S/C18H23N3O5/c22-17(20-10-11-26-16(12-20)18(23)13-3-4-13)2-1-9-19-14-5-7-15(8-6-14)21(24)25/h5-8,13,16,19H,1-4,9-12H2/t16-/m1/s1. The fraction of sp³-hybridized carbons (Fsp3) is 0.556. The van der Waals surface area contributed by atoms with Crippen molar-refractivity contribution < 1.29 is 19.2 Å². The molecule has 1 amide bonds. The van der Waals surface area contributed by atoms with E-state index in [2.05, 4.69) is 5.32 Å². The number of hydrogen-bond acceptors (Lipinski definition) is 6. The molecule has 8 nitrogen and oxygen atoms in total. The van der Waals surface area contributed by atoms with Crippen LogP contribution in [-0.4, -0.2) is 53.9 Å². The van der Waals surface area contributed by atoms with Gasteiger partial charge in [0.05, 0.1) is 18.1 Å². The van der Waals surface area contributed by atoms with Crippen LogP contribution in [0.15, 0.2) is 24.3 Å². The molecule has 1 heterocycles. The molecule has 1 N–H and O–H groups in total. The van der Waals surface area contributed by atoms with Crippen LogP contribution < -0.4 is 5.32 Å². The number of carbonyl (C=O) groups excluding carboxylic acids is 2. The summed E-state index contributed by atoms with van der Waals surface area (Å²) in [7, 11) is 0. The van der Waals surface area contributed by atoms with Crippen LogP contribution in [0.25, 0.3) is 0 Å². The molecule has 0 unspecified atom stereocenters. The van der Waals surface area contributed by atoms with E-state index >= 15 is 0 Å². The van der Waals surface area contributed by atoms with E-state index in [0.717, 1.165) is 18.5 Å². The van der Waals surface area contributed by atoms with Crippen LogP contribution in [0.4, 0.5) is 11.4 Å². The minimum Gasteiger partial charge on any atom is -0.385 e. The fourth-order valence-corrected chi connectivity index (χ4v) is 3.01. The largest absolute Gasteiger partial charge is 0.385 e. The highest BCUT2D eigenvalue weighted by atomic mass is 16.6. The normalized spacial score (nSPS) is 19.8. The Kier molecular flexibility index (Phi) is 5.82. The third kappa shape index (κ3) is 4.78. The van der Waals surface area contributed by atoms with Crippen molar-refractivity contribution in [3.63, 3.8) is 0 Å². The Bertz CT molecular complexity index is 672. The number of Topliss-reactive ketones (excluding diaryl/α,β-unsaturated/α-hetero) is 1. The Labute approximate surface area is 151 Å². The van der Waals surface area contributed by atoms with Crippen LogP contribution in [0, 0.1) is 16.0 Å². The summed E-state index contributed by atoms with van der Waals surface area (Å²) in [4.78, 5) is 36.3. The van der Waals surface area contributed by atoms with Crippen molar-refractivity contribution in [1.29, 1.82) is 0 Å². The molecule has 26 heavy (non-hydrogen) atoms. The third-order valence-electron chi connectivity index (χ3n) is 4.69. The molecule has 8 heteroatoms. The smallest absolute Gasteiger partial charge is 0.269 e. The SMILES string of the molecule is O=C(C1CC1)[C@H]1CN(C(=O)CCCNc2ccc([N+](=O)[O-])cc2)CCO1. The molecule has 140 valence electrons. The van der Waals surface area contributed by atoms with Crippen LogP contribution >= 0.6 is 0 Å². The molecule has 3 rings (SSSR count). The molecule has 1 atom stereocenters. The Morgan fingerprint density at radius 1 is 1.27 bits per heavy atom. The second-order valence-electron chi connectivity index (χ2n) is 6.71. The van der Waals surface area contributed by atoms with Gasteiger partial charge < -0.3 is 15.0 Å². The molecular weight excluding hydrogens is 338 g/mol. The number of carbonyl (C=O) groups is 2. The summed E-state index contributed by atoms with van der Waals surface area (Å²) >= 11 is 0. The van der Waals surface area contributed by atoms with E-state index in [-0.39, 0.29) is 23.3 Å². The molecule has 2 fully saturated rings. The summed E-state index contributed by atoms with van der Waals surface area (Å²) in [5, 5.41) is 13.8. The molecule has 2 aliphatic rings. The number of rotatable bonds is 8. The van der Waals surface area contributed by atoms with Crippen LogP contribution in [0.2, 0.25) is 0 Å². The molecule has 1 saturated carbocycles. The van der Waals surface area contributed by atoms with E-state index in [9.17, 15) is 19.7 Å². The molecule has 1 aromatic rings. The maximum Gasteiger partial charge on any atom is 0.269 e. The highest BCUT2D eigenvalue weighted by Gasteiger charge is 2.38. The van der Waals surface area contributed by atoms with E-state index in [1.54, 1.807) is 17.0 Å². The number of amides is 1. The van der Waals surface area contributed by atoms with Crippen LogP contribution in [0.5, 0.6) is 0 Å². The minimum atomic E-state index is -0.460. The molecule has 0 bridgehead atoms. The summed E-state index contributed by atoms with van der Waals surface area (Å²) in [5.74, 6) is 0.315. The van der Waals surface area contributed by atoms with Gasteiger partial charge in [0.15, 0.2) is 5.78 Å². The number of nitro benzene ring substituents is 1. The number of nitrogens with one attached hydrogen (secondary N) is 1. The first kappa shape index (κ1) is 18.3. The van der Waals surface area contributed by atoms with Crippen molar-refractivity contribution in [3.05, 3.63) is 34.4 Å². The summed E-state index contributed by atoms with van der Waals surface area (Å²) in [6, 6.07) is 6.18. The lowest BCUT2D eigenvalue weighted by molar-refractivity contribution is -0.384. The lowest BCUT2D eigenvalue weighted by Gasteiger charge is -2.32. The van der Waals surface area contributed by atoms with Gasteiger partial charge in [-0.25, -0.2) is 0 Å². The summed E-state index contributed by atoms with van der Waals surface area (Å²) in [6.07, 6.45) is 2.47. The highest BCUT2D eigenvalue weighted by molar-refractivity contribution is 5.88. The third-order valence-corrected chi connectivity index (χ3v) is 4.69. The van der Waals surface area contributed by atoms with E-state index in [4.69, 9.17) is 4.74 Å². The average Bonchev–Trinajstić information content (AvgIpc) is 3.50. The topological polar surface area (TPSA) is 102 Å². The van der Waals surface area contributed by atoms with Gasteiger partial charge in [-0.3, -0.25) is 19.7 Å². The van der Waals surface area contributed by atoms with Crippen LogP contribution in [-0.2, 0) is 14.3 Å². The quantitative estimate of drug-likeness (QED) is 0.432. The Morgan fingerprint density at radius 2 is 2.00 bits per heavy atom. The van der Waals surface area contributed by atoms with Gasteiger partial charge >= 0.3 is 0 Å². The lowest BCUT2D eigenvalue weighted by Crippen LogP contribution is -2.49. The Morgan fingerprint density at radius 3 is 2.65 bits per heavy atom. The van der Waals surface area contributed by atoms with Crippen molar-refractivity contribution in [2.24, 2.45) is 5.92 Å². The van der Waals surface area contributed by atoms with Gasteiger partial charge in [-0.2, -0.15) is 0 Å². The van der Waals surface area contributed by atoms with E-state index in [0.29, 0.717) is 39.1 Å². The van der Waals surface area contributed by atoms with E-state index < -0.39 is 11.0 Å². The molecule has 1 aliphatic carbocycles. The number of ketones is 1. The summed E-state index contributed by atoms with van der Waals surface area (Å²) in [6.45, 7) is 1.90. The number of morpholine rings is 1. The molecule has 1 saturated heterocycles. The number of nitrogens with zero attached hydrogens (tertiary/aromatic N) is 2. The van der Waals surface area contributed by atoms with E-state index in [1.807, 2.05) is 0 Å². The van der Waals surface area contributed by atoms with Gasteiger partial charge in [-0.15, -0.1) is 0 Å². The van der Waals surface area contributed by atoms with Gasteiger partial charge in [-0.1, -0.05) is 0 Å². The van der Waals surface area contributed by atoms with Gasteiger partial charge in [-0.05, 0) is 31.4 Å². The highest BCUT2D eigenvalue weighted by Crippen LogP contribution is 2.32. The molecule has 0 spiro atoms. The van der Waals surface area contributed by atoms with Crippen molar-refractivity contribution >= 4 is 23.1 Å². The monoisotopic (exact) mass is 361 g/mol. The zero-order chi connectivity index (χ0) is 18.5. The van der Waals surface area contributed by atoms with Crippen molar-refractivity contribution in [1.82, 2.24) is 4.90 Å². The maximum absolute atomic E-state index is 12.3. The second-order valence-corrected chi connectivity index (χ2v) is 6.71. The molecular formula is C18H23N3O5. The summed E-state index contributed by atoms with van der Waals surface area (Å²) < 4.78 is 5.53. The zero-order valence-corrected chi connectivity index (χ0v) is 14.6. The van der Waals surface area contributed by atoms with Crippen molar-refractivity contribution in [3.8, 4) is 0 Å². The number of nitro groups is 1.